The Bertz CT molecular complexity index is 753. The molecule has 0 radical (unpaired) electrons. The molecule has 0 spiro atoms. The van der Waals surface area contributed by atoms with Gasteiger partial charge < -0.3 is 24.6 Å². The van der Waals surface area contributed by atoms with Gasteiger partial charge in [-0.3, -0.25) is 4.99 Å². The predicted octanol–water partition coefficient (Wildman–Crippen LogP) is 2.74. The lowest BCUT2D eigenvalue weighted by Gasteiger charge is -2.29. The number of nitrogens with one attached hydrogen (secondary N) is 1. The van der Waals surface area contributed by atoms with Crippen molar-refractivity contribution >= 4 is 11.6 Å². The maximum absolute atomic E-state index is 5.42. The van der Waals surface area contributed by atoms with E-state index in [1.54, 1.807) is 7.11 Å². The molecular weight excluding hydrogens is 352 g/mol. The zero-order chi connectivity index (χ0) is 19.8. The third-order valence-corrected chi connectivity index (χ3v) is 4.92. The lowest BCUT2D eigenvalue weighted by atomic mass is 10.2. The van der Waals surface area contributed by atoms with Crippen LogP contribution in [0.15, 0.2) is 53.5 Å². The number of hydrogen-bond donors (Lipinski definition) is 1. The molecule has 0 atom stereocenters. The van der Waals surface area contributed by atoms with Crippen molar-refractivity contribution in [3.05, 3.63) is 59.7 Å². The number of anilines is 1. The maximum Gasteiger partial charge on any atom is 0.193 e. The maximum atomic E-state index is 5.42. The summed E-state index contributed by atoms with van der Waals surface area (Å²) in [7, 11) is 5.54. The van der Waals surface area contributed by atoms with Crippen LogP contribution in [0.5, 0.6) is 5.75 Å². The van der Waals surface area contributed by atoms with Crippen LogP contribution in [0.4, 0.5) is 5.69 Å². The Morgan fingerprint density at radius 2 is 1.71 bits per heavy atom. The van der Waals surface area contributed by atoms with Crippen molar-refractivity contribution in [2.75, 3.05) is 52.4 Å². The van der Waals surface area contributed by atoms with Gasteiger partial charge in [0.2, 0.25) is 0 Å². The molecule has 0 aliphatic carbocycles. The van der Waals surface area contributed by atoms with Crippen LogP contribution < -0.4 is 15.0 Å². The molecule has 6 nitrogen and oxygen atoms in total. The third kappa shape index (κ3) is 5.39. The smallest absolute Gasteiger partial charge is 0.193 e. The molecule has 3 rings (SSSR count). The fourth-order valence-electron chi connectivity index (χ4n) is 3.29. The SMILES string of the molecule is CN=C(NCc1ccc(N2CCOCC2)cc1)N(C)Cc1ccc(OC)cc1. The molecular formula is C22H30N4O2. The Hall–Kier alpha value is -2.73. The first-order valence-corrected chi connectivity index (χ1v) is 9.66. The highest BCUT2D eigenvalue weighted by molar-refractivity contribution is 5.79. The minimum absolute atomic E-state index is 0.739. The van der Waals surface area contributed by atoms with E-state index in [1.165, 1.54) is 16.8 Å². The van der Waals surface area contributed by atoms with Crippen molar-refractivity contribution in [2.45, 2.75) is 13.1 Å². The largest absolute Gasteiger partial charge is 0.497 e. The monoisotopic (exact) mass is 382 g/mol. The summed E-state index contributed by atoms with van der Waals surface area (Å²) < 4.78 is 10.6. The van der Waals surface area contributed by atoms with Gasteiger partial charge in [0, 0.05) is 46.0 Å². The van der Waals surface area contributed by atoms with E-state index in [2.05, 4.69) is 56.5 Å². The molecule has 1 aliphatic rings. The Morgan fingerprint density at radius 1 is 1.07 bits per heavy atom. The van der Waals surface area contributed by atoms with Gasteiger partial charge in [-0.15, -0.1) is 0 Å². The summed E-state index contributed by atoms with van der Waals surface area (Å²) in [5.74, 6) is 1.74. The molecule has 1 saturated heterocycles. The van der Waals surface area contributed by atoms with Gasteiger partial charge in [0.25, 0.3) is 0 Å². The van der Waals surface area contributed by atoms with Crippen molar-refractivity contribution in [2.24, 2.45) is 4.99 Å². The van der Waals surface area contributed by atoms with Gasteiger partial charge in [-0.25, -0.2) is 0 Å². The van der Waals surface area contributed by atoms with E-state index in [0.29, 0.717) is 0 Å². The second kappa shape index (κ2) is 9.99. The van der Waals surface area contributed by atoms with Crippen LogP contribution in [0.1, 0.15) is 11.1 Å². The molecule has 2 aromatic carbocycles. The number of nitrogens with zero attached hydrogens (tertiary/aromatic N) is 3. The summed E-state index contributed by atoms with van der Waals surface area (Å²) in [6.45, 7) is 5.05. The second-order valence-electron chi connectivity index (χ2n) is 6.87. The first kappa shape index (κ1) is 20.0. The minimum Gasteiger partial charge on any atom is -0.497 e. The molecule has 6 heteroatoms. The van der Waals surface area contributed by atoms with Gasteiger partial charge >= 0.3 is 0 Å². The lowest BCUT2D eigenvalue weighted by Crippen LogP contribution is -2.38. The minimum atomic E-state index is 0.739. The summed E-state index contributed by atoms with van der Waals surface area (Å²) in [6.07, 6.45) is 0. The van der Waals surface area contributed by atoms with Crippen LogP contribution in [-0.4, -0.2) is 58.4 Å². The van der Waals surface area contributed by atoms with E-state index < -0.39 is 0 Å². The highest BCUT2D eigenvalue weighted by Gasteiger charge is 2.11. The van der Waals surface area contributed by atoms with Crippen LogP contribution in [0.2, 0.25) is 0 Å². The molecule has 1 fully saturated rings. The van der Waals surface area contributed by atoms with Crippen molar-refractivity contribution < 1.29 is 9.47 Å². The number of rotatable bonds is 6. The summed E-state index contributed by atoms with van der Waals surface area (Å²) in [4.78, 5) is 8.89. The standard InChI is InChI=1S/C22H30N4O2/c1-23-22(25(2)17-19-6-10-21(27-3)11-7-19)24-16-18-4-8-20(9-5-18)26-12-14-28-15-13-26/h4-11H,12-17H2,1-3H3,(H,23,24). The number of benzene rings is 2. The summed E-state index contributed by atoms with van der Waals surface area (Å²) in [5.41, 5.74) is 3.70. The fraction of sp³-hybridized carbons (Fsp3) is 0.409. The first-order valence-electron chi connectivity index (χ1n) is 9.66. The highest BCUT2D eigenvalue weighted by Crippen LogP contribution is 2.17. The quantitative estimate of drug-likeness (QED) is 0.615. The highest BCUT2D eigenvalue weighted by atomic mass is 16.5. The molecule has 2 aromatic rings. The van der Waals surface area contributed by atoms with Crippen molar-refractivity contribution in [3.63, 3.8) is 0 Å². The Balaban J connectivity index is 1.52. The molecule has 0 saturated carbocycles. The number of ether oxygens (including phenoxy) is 2. The molecule has 0 unspecified atom stereocenters. The van der Waals surface area contributed by atoms with Crippen LogP contribution >= 0.6 is 0 Å². The topological polar surface area (TPSA) is 49.3 Å². The van der Waals surface area contributed by atoms with Gasteiger partial charge in [0.15, 0.2) is 5.96 Å². The van der Waals surface area contributed by atoms with Gasteiger partial charge in [-0.2, -0.15) is 0 Å². The zero-order valence-electron chi connectivity index (χ0n) is 17.0. The predicted molar refractivity (Wildman–Crippen MR) is 114 cm³/mol. The van der Waals surface area contributed by atoms with Crippen LogP contribution in [0.25, 0.3) is 0 Å². The van der Waals surface area contributed by atoms with Crippen molar-refractivity contribution in [3.8, 4) is 5.75 Å². The van der Waals surface area contributed by atoms with Crippen LogP contribution in [0.3, 0.4) is 0 Å². The number of guanidine groups is 1. The molecule has 0 aromatic heterocycles. The number of morpholine rings is 1. The van der Waals surface area contributed by atoms with Gasteiger partial charge in [0.1, 0.15) is 5.75 Å². The van der Waals surface area contributed by atoms with E-state index in [0.717, 1.165) is 51.1 Å². The lowest BCUT2D eigenvalue weighted by molar-refractivity contribution is 0.122. The fourth-order valence-corrected chi connectivity index (χ4v) is 3.29. The van der Waals surface area contributed by atoms with Crippen molar-refractivity contribution in [1.82, 2.24) is 10.2 Å². The summed E-state index contributed by atoms with van der Waals surface area (Å²) in [5, 5.41) is 3.44. The molecule has 1 aliphatic heterocycles. The first-order chi connectivity index (χ1) is 13.7. The average Bonchev–Trinajstić information content (AvgIpc) is 2.76. The Labute approximate surface area is 167 Å². The molecule has 0 amide bonds. The molecule has 1 heterocycles. The van der Waals surface area contributed by atoms with E-state index in [9.17, 15) is 0 Å². The van der Waals surface area contributed by atoms with Gasteiger partial charge in [-0.05, 0) is 35.4 Å². The molecule has 0 bridgehead atoms. The van der Waals surface area contributed by atoms with E-state index >= 15 is 0 Å². The average molecular weight is 383 g/mol. The van der Waals surface area contributed by atoms with Crippen LogP contribution in [-0.2, 0) is 17.8 Å². The second-order valence-corrected chi connectivity index (χ2v) is 6.87. The Morgan fingerprint density at radius 3 is 2.32 bits per heavy atom. The third-order valence-electron chi connectivity index (χ3n) is 4.92. The summed E-state index contributed by atoms with van der Waals surface area (Å²) in [6, 6.07) is 16.8. The zero-order valence-corrected chi connectivity index (χ0v) is 17.0. The van der Waals surface area contributed by atoms with E-state index in [1.807, 2.05) is 26.2 Å². The summed E-state index contributed by atoms with van der Waals surface area (Å²) >= 11 is 0. The molecule has 28 heavy (non-hydrogen) atoms. The number of methoxy groups -OCH3 is 1. The van der Waals surface area contributed by atoms with E-state index in [4.69, 9.17) is 9.47 Å². The molecule has 150 valence electrons. The molecule has 1 N–H and O–H groups in total. The van der Waals surface area contributed by atoms with Crippen molar-refractivity contribution in [1.29, 1.82) is 0 Å². The van der Waals surface area contributed by atoms with Gasteiger partial charge in [0.05, 0.1) is 20.3 Å². The van der Waals surface area contributed by atoms with Gasteiger partial charge in [-0.1, -0.05) is 24.3 Å². The normalized spacial score (nSPS) is 14.7. The van der Waals surface area contributed by atoms with Crippen LogP contribution in [0, 0.1) is 0 Å². The Kier molecular flexibility index (Phi) is 7.14. The number of aliphatic imine (C=N–C) groups is 1. The number of hydrogen-bond acceptors (Lipinski definition) is 4. The van der Waals surface area contributed by atoms with E-state index in [-0.39, 0.29) is 0 Å².